The van der Waals surface area contributed by atoms with Crippen LogP contribution in [0.5, 0.6) is 0 Å². The molecule has 1 fully saturated rings. The van der Waals surface area contributed by atoms with Crippen LogP contribution in [0, 0.1) is 0 Å². The topological polar surface area (TPSA) is 62.6 Å². The van der Waals surface area contributed by atoms with E-state index in [0.29, 0.717) is 42.3 Å². The van der Waals surface area contributed by atoms with Gasteiger partial charge in [0.15, 0.2) is 0 Å². The van der Waals surface area contributed by atoms with E-state index < -0.39 is 0 Å². The predicted molar refractivity (Wildman–Crippen MR) is 112 cm³/mol. The summed E-state index contributed by atoms with van der Waals surface area (Å²) >= 11 is 5.88. The van der Waals surface area contributed by atoms with E-state index in [1.807, 2.05) is 24.3 Å². The van der Waals surface area contributed by atoms with Crippen molar-refractivity contribution in [2.24, 2.45) is 7.05 Å². The maximum absolute atomic E-state index is 13.1. The summed E-state index contributed by atoms with van der Waals surface area (Å²) in [6, 6.07) is 15.6. The summed E-state index contributed by atoms with van der Waals surface area (Å²) < 4.78 is 1.54. The second-order valence-corrected chi connectivity index (χ2v) is 7.50. The van der Waals surface area contributed by atoms with Crippen molar-refractivity contribution in [3.8, 4) is 0 Å². The van der Waals surface area contributed by atoms with E-state index in [0.717, 1.165) is 10.9 Å². The summed E-state index contributed by atoms with van der Waals surface area (Å²) in [4.78, 5) is 41.5. The Morgan fingerprint density at radius 1 is 0.862 bits per heavy atom. The molecule has 0 radical (unpaired) electrons. The number of hydrogen-bond donors (Lipinski definition) is 0. The molecule has 0 N–H and O–H groups in total. The number of benzene rings is 2. The van der Waals surface area contributed by atoms with Crippen LogP contribution in [0.3, 0.4) is 0 Å². The molecule has 1 aliphatic rings. The van der Waals surface area contributed by atoms with Crippen LogP contribution in [0.15, 0.2) is 59.4 Å². The minimum atomic E-state index is -0.219. The van der Waals surface area contributed by atoms with Crippen molar-refractivity contribution >= 4 is 34.3 Å². The third-order valence-electron chi connectivity index (χ3n) is 5.33. The van der Waals surface area contributed by atoms with Gasteiger partial charge in [0.1, 0.15) is 0 Å². The highest BCUT2D eigenvalue weighted by molar-refractivity contribution is 6.30. The molecular formula is C22H20ClN3O3. The lowest BCUT2D eigenvalue weighted by Crippen LogP contribution is -2.50. The molecule has 2 amide bonds. The Bertz CT molecular complexity index is 1150. The van der Waals surface area contributed by atoms with E-state index in [1.54, 1.807) is 41.1 Å². The molecule has 4 rings (SSSR count). The number of hydrogen-bond acceptors (Lipinski definition) is 3. The summed E-state index contributed by atoms with van der Waals surface area (Å²) in [5.74, 6) is -0.259. The lowest BCUT2D eigenvalue weighted by Gasteiger charge is -2.35. The molecule has 29 heavy (non-hydrogen) atoms. The van der Waals surface area contributed by atoms with Crippen LogP contribution >= 0.6 is 11.6 Å². The zero-order valence-electron chi connectivity index (χ0n) is 16.0. The molecule has 1 aromatic heterocycles. The van der Waals surface area contributed by atoms with E-state index in [9.17, 15) is 14.4 Å². The Hall–Kier alpha value is -3.12. The van der Waals surface area contributed by atoms with Crippen LogP contribution < -0.4 is 5.56 Å². The quantitative estimate of drug-likeness (QED) is 0.653. The smallest absolute Gasteiger partial charge is 0.254 e. The molecule has 148 valence electrons. The third kappa shape index (κ3) is 3.63. The number of rotatable bonds is 2. The first-order valence-electron chi connectivity index (χ1n) is 9.38. The maximum atomic E-state index is 13.1. The zero-order chi connectivity index (χ0) is 20.5. The number of piperazine rings is 1. The molecule has 0 atom stereocenters. The fourth-order valence-corrected chi connectivity index (χ4v) is 3.77. The second-order valence-electron chi connectivity index (χ2n) is 7.06. The Morgan fingerprint density at radius 3 is 2.10 bits per heavy atom. The molecule has 0 spiro atoms. The molecular weight excluding hydrogens is 390 g/mol. The molecule has 0 aliphatic carbocycles. The average Bonchev–Trinajstić information content (AvgIpc) is 2.76. The Morgan fingerprint density at radius 2 is 1.45 bits per heavy atom. The lowest BCUT2D eigenvalue weighted by atomic mass is 10.1. The van der Waals surface area contributed by atoms with Crippen LogP contribution in [0.1, 0.15) is 20.7 Å². The first-order valence-corrected chi connectivity index (χ1v) is 9.76. The average molecular weight is 410 g/mol. The van der Waals surface area contributed by atoms with Gasteiger partial charge in [-0.2, -0.15) is 0 Å². The van der Waals surface area contributed by atoms with Crippen molar-refractivity contribution in [2.45, 2.75) is 0 Å². The van der Waals surface area contributed by atoms with Crippen LogP contribution in [0.25, 0.3) is 10.9 Å². The van der Waals surface area contributed by atoms with Gasteiger partial charge >= 0.3 is 0 Å². The molecule has 0 saturated carbocycles. The summed E-state index contributed by atoms with van der Waals surface area (Å²) in [6.07, 6.45) is 0. The minimum Gasteiger partial charge on any atom is -0.335 e. The summed E-state index contributed by atoms with van der Waals surface area (Å²) in [7, 11) is 1.69. The zero-order valence-corrected chi connectivity index (χ0v) is 16.7. The van der Waals surface area contributed by atoms with Gasteiger partial charge in [-0.25, -0.2) is 0 Å². The molecule has 2 aromatic carbocycles. The van der Waals surface area contributed by atoms with Gasteiger partial charge in [-0.1, -0.05) is 29.8 Å². The SMILES string of the molecule is Cn1c(=O)cc(C(=O)N2CCN(C(=O)c3ccc(Cl)cc3)CC2)c2ccccc21. The summed E-state index contributed by atoms with van der Waals surface area (Å²) in [5.41, 5.74) is 1.48. The van der Waals surface area contributed by atoms with Crippen molar-refractivity contribution in [1.29, 1.82) is 0 Å². The Balaban J connectivity index is 1.52. The van der Waals surface area contributed by atoms with Gasteiger partial charge in [0, 0.05) is 55.3 Å². The molecule has 0 unspecified atom stereocenters. The van der Waals surface area contributed by atoms with E-state index in [-0.39, 0.29) is 17.4 Å². The third-order valence-corrected chi connectivity index (χ3v) is 5.58. The summed E-state index contributed by atoms with van der Waals surface area (Å²) in [6.45, 7) is 1.72. The van der Waals surface area contributed by atoms with Gasteiger partial charge in [-0.15, -0.1) is 0 Å². The fourth-order valence-electron chi connectivity index (χ4n) is 3.65. The lowest BCUT2D eigenvalue weighted by molar-refractivity contribution is 0.0536. The second kappa shape index (κ2) is 7.72. The molecule has 7 heteroatoms. The highest BCUT2D eigenvalue weighted by Gasteiger charge is 2.26. The van der Waals surface area contributed by atoms with E-state index in [4.69, 9.17) is 11.6 Å². The number of aromatic nitrogens is 1. The number of amides is 2. The first-order chi connectivity index (χ1) is 14.0. The van der Waals surface area contributed by atoms with Gasteiger partial charge in [0.05, 0.1) is 11.1 Å². The van der Waals surface area contributed by atoms with Crippen molar-refractivity contribution in [3.63, 3.8) is 0 Å². The molecule has 6 nitrogen and oxygen atoms in total. The van der Waals surface area contributed by atoms with E-state index >= 15 is 0 Å². The number of pyridine rings is 1. The molecule has 1 saturated heterocycles. The van der Waals surface area contributed by atoms with Crippen LogP contribution in [-0.2, 0) is 7.05 Å². The number of fused-ring (bicyclic) bond motifs is 1. The van der Waals surface area contributed by atoms with Crippen LogP contribution in [0.4, 0.5) is 0 Å². The Kier molecular flexibility index (Phi) is 5.11. The van der Waals surface area contributed by atoms with Gasteiger partial charge in [0.2, 0.25) is 0 Å². The molecule has 2 heterocycles. The van der Waals surface area contributed by atoms with Gasteiger partial charge in [-0.3, -0.25) is 14.4 Å². The number of para-hydroxylation sites is 1. The van der Waals surface area contributed by atoms with Gasteiger partial charge in [0.25, 0.3) is 17.4 Å². The van der Waals surface area contributed by atoms with Crippen LogP contribution in [0.2, 0.25) is 5.02 Å². The van der Waals surface area contributed by atoms with Crippen LogP contribution in [-0.4, -0.2) is 52.4 Å². The van der Waals surface area contributed by atoms with Crippen molar-refractivity contribution in [3.05, 3.63) is 81.1 Å². The predicted octanol–water partition coefficient (Wildman–Crippen LogP) is 2.79. The fraction of sp³-hybridized carbons (Fsp3) is 0.227. The molecule has 1 aliphatic heterocycles. The first kappa shape index (κ1) is 19.2. The Labute approximate surface area is 172 Å². The number of halogens is 1. The number of carbonyl (C=O) groups is 2. The van der Waals surface area contributed by atoms with Crippen molar-refractivity contribution < 1.29 is 9.59 Å². The largest absolute Gasteiger partial charge is 0.335 e. The van der Waals surface area contributed by atoms with Crippen molar-refractivity contribution in [2.75, 3.05) is 26.2 Å². The minimum absolute atomic E-state index is 0.0761. The number of carbonyl (C=O) groups excluding carboxylic acids is 2. The molecule has 0 bridgehead atoms. The highest BCUT2D eigenvalue weighted by atomic mass is 35.5. The normalized spacial score (nSPS) is 14.3. The van der Waals surface area contributed by atoms with Gasteiger partial charge in [-0.05, 0) is 30.3 Å². The van der Waals surface area contributed by atoms with Crippen molar-refractivity contribution in [1.82, 2.24) is 14.4 Å². The summed E-state index contributed by atoms with van der Waals surface area (Å²) in [5, 5.41) is 1.33. The monoisotopic (exact) mass is 409 g/mol. The number of nitrogens with zero attached hydrogens (tertiary/aromatic N) is 3. The molecule has 3 aromatic rings. The standard InChI is InChI=1S/C22H20ClN3O3/c1-24-19-5-3-2-4-17(19)18(14-20(24)27)22(29)26-12-10-25(11-13-26)21(28)15-6-8-16(23)9-7-15/h2-9,14H,10-13H2,1H3. The van der Waals surface area contributed by atoms with E-state index in [1.165, 1.54) is 10.6 Å². The van der Waals surface area contributed by atoms with E-state index in [2.05, 4.69) is 0 Å². The van der Waals surface area contributed by atoms with Gasteiger partial charge < -0.3 is 14.4 Å². The number of aryl methyl sites for hydroxylation is 1. The highest BCUT2D eigenvalue weighted by Crippen LogP contribution is 2.19. The maximum Gasteiger partial charge on any atom is 0.254 e.